The van der Waals surface area contributed by atoms with Crippen molar-refractivity contribution in [2.75, 3.05) is 0 Å². The normalized spacial score (nSPS) is 10.9. The fraction of sp³-hybridized carbons (Fsp3) is 0.118. The molecule has 0 aliphatic heterocycles. The summed E-state index contributed by atoms with van der Waals surface area (Å²) in [6, 6.07) is 9.78. The number of carboxylic acid groups (broad SMARTS) is 1. The molecule has 28 heavy (non-hydrogen) atoms. The SMILES string of the molecule is O=C(O)Cn1nnc(-c2cncc(-c3cn(Cc4cccc(Br)c4)nn3)c2)n1. The first-order valence-corrected chi connectivity index (χ1v) is 8.96. The lowest BCUT2D eigenvalue weighted by atomic mass is 10.1. The van der Waals surface area contributed by atoms with E-state index >= 15 is 0 Å². The third-order valence-electron chi connectivity index (χ3n) is 3.79. The molecule has 4 aromatic rings. The highest BCUT2D eigenvalue weighted by molar-refractivity contribution is 9.10. The van der Waals surface area contributed by atoms with Crippen LogP contribution in [0.4, 0.5) is 0 Å². The first-order chi connectivity index (χ1) is 13.6. The molecule has 0 amide bonds. The minimum Gasteiger partial charge on any atom is -0.480 e. The maximum atomic E-state index is 10.7. The van der Waals surface area contributed by atoms with Crippen molar-refractivity contribution >= 4 is 21.9 Å². The summed E-state index contributed by atoms with van der Waals surface area (Å²) in [5.41, 5.74) is 3.10. The van der Waals surface area contributed by atoms with E-state index in [2.05, 4.69) is 46.6 Å². The van der Waals surface area contributed by atoms with E-state index in [0.29, 0.717) is 17.8 Å². The molecular formula is C17H13BrN8O2. The van der Waals surface area contributed by atoms with Gasteiger partial charge >= 0.3 is 5.97 Å². The van der Waals surface area contributed by atoms with Gasteiger partial charge in [0, 0.05) is 28.0 Å². The molecule has 11 heteroatoms. The zero-order chi connectivity index (χ0) is 19.5. The summed E-state index contributed by atoms with van der Waals surface area (Å²) < 4.78 is 2.75. The summed E-state index contributed by atoms with van der Waals surface area (Å²) in [5, 5.41) is 28.8. The van der Waals surface area contributed by atoms with E-state index in [1.54, 1.807) is 17.1 Å². The Balaban J connectivity index is 1.55. The number of pyridine rings is 1. The topological polar surface area (TPSA) is 124 Å². The van der Waals surface area contributed by atoms with Gasteiger partial charge in [0.15, 0.2) is 6.54 Å². The lowest BCUT2D eigenvalue weighted by Crippen LogP contribution is -2.11. The number of carbonyl (C=O) groups is 1. The van der Waals surface area contributed by atoms with E-state index in [9.17, 15) is 4.79 Å². The summed E-state index contributed by atoms with van der Waals surface area (Å²) >= 11 is 3.46. The molecule has 0 saturated heterocycles. The second kappa shape index (κ2) is 7.64. The fourth-order valence-corrected chi connectivity index (χ4v) is 3.03. The van der Waals surface area contributed by atoms with Crippen LogP contribution in [-0.2, 0) is 17.9 Å². The van der Waals surface area contributed by atoms with Crippen molar-refractivity contribution in [1.29, 1.82) is 0 Å². The zero-order valence-corrected chi connectivity index (χ0v) is 15.9. The predicted molar refractivity (Wildman–Crippen MR) is 101 cm³/mol. The van der Waals surface area contributed by atoms with Crippen LogP contribution in [0.3, 0.4) is 0 Å². The Hall–Kier alpha value is -3.47. The smallest absolute Gasteiger partial charge is 0.327 e. The van der Waals surface area contributed by atoms with Crippen LogP contribution in [0.15, 0.2) is 53.4 Å². The number of benzene rings is 1. The highest BCUT2D eigenvalue weighted by atomic mass is 79.9. The average molecular weight is 441 g/mol. The molecule has 0 radical (unpaired) electrons. The molecule has 0 bridgehead atoms. The molecule has 0 unspecified atom stereocenters. The Bertz CT molecular complexity index is 1140. The van der Waals surface area contributed by atoms with Gasteiger partial charge in [-0.2, -0.15) is 4.80 Å². The summed E-state index contributed by atoms with van der Waals surface area (Å²) in [5.74, 6) is -0.755. The Kier molecular flexibility index (Phi) is 4.89. The summed E-state index contributed by atoms with van der Waals surface area (Å²) in [6.07, 6.45) is 5.08. The van der Waals surface area contributed by atoms with Crippen LogP contribution >= 0.6 is 15.9 Å². The predicted octanol–water partition coefficient (Wildman–Crippen LogP) is 1.89. The number of carboxylic acids is 1. The van der Waals surface area contributed by atoms with Crippen molar-refractivity contribution in [3.63, 3.8) is 0 Å². The van der Waals surface area contributed by atoms with Gasteiger partial charge in [0.1, 0.15) is 5.69 Å². The van der Waals surface area contributed by atoms with Gasteiger partial charge in [-0.3, -0.25) is 9.78 Å². The largest absolute Gasteiger partial charge is 0.480 e. The third kappa shape index (κ3) is 4.09. The number of halogens is 1. The second-order valence-electron chi connectivity index (χ2n) is 5.93. The van der Waals surface area contributed by atoms with Crippen molar-refractivity contribution in [3.05, 3.63) is 59.0 Å². The summed E-state index contributed by atoms with van der Waals surface area (Å²) in [6.45, 7) is 0.231. The van der Waals surface area contributed by atoms with Crippen molar-refractivity contribution in [2.45, 2.75) is 13.1 Å². The molecule has 3 heterocycles. The third-order valence-corrected chi connectivity index (χ3v) is 4.29. The second-order valence-corrected chi connectivity index (χ2v) is 6.85. The molecule has 4 rings (SSSR count). The van der Waals surface area contributed by atoms with Crippen molar-refractivity contribution in [3.8, 4) is 22.6 Å². The number of aromatic nitrogens is 8. The van der Waals surface area contributed by atoms with Crippen LogP contribution in [0.5, 0.6) is 0 Å². The van der Waals surface area contributed by atoms with E-state index in [4.69, 9.17) is 5.11 Å². The number of nitrogens with zero attached hydrogens (tertiary/aromatic N) is 8. The van der Waals surface area contributed by atoms with E-state index in [-0.39, 0.29) is 12.4 Å². The first kappa shape index (κ1) is 17.9. The molecule has 3 aromatic heterocycles. The van der Waals surface area contributed by atoms with E-state index in [1.165, 1.54) is 0 Å². The lowest BCUT2D eigenvalue weighted by molar-refractivity contribution is -0.138. The lowest BCUT2D eigenvalue weighted by Gasteiger charge is -2.01. The van der Waals surface area contributed by atoms with Gasteiger partial charge in [-0.15, -0.1) is 15.3 Å². The minimum absolute atomic E-state index is 0.289. The van der Waals surface area contributed by atoms with Crippen LogP contribution < -0.4 is 0 Å². The number of tetrazole rings is 1. The molecule has 0 aliphatic rings. The van der Waals surface area contributed by atoms with Gasteiger partial charge in [0.2, 0.25) is 5.82 Å². The van der Waals surface area contributed by atoms with E-state index in [1.807, 2.05) is 36.5 Å². The molecule has 0 spiro atoms. The highest BCUT2D eigenvalue weighted by Crippen LogP contribution is 2.21. The van der Waals surface area contributed by atoms with Crippen LogP contribution in [0.1, 0.15) is 5.56 Å². The maximum absolute atomic E-state index is 10.7. The number of hydrogen-bond acceptors (Lipinski definition) is 7. The van der Waals surface area contributed by atoms with Gasteiger partial charge in [-0.25, -0.2) is 4.68 Å². The zero-order valence-electron chi connectivity index (χ0n) is 14.3. The maximum Gasteiger partial charge on any atom is 0.327 e. The monoisotopic (exact) mass is 440 g/mol. The Morgan fingerprint density at radius 2 is 1.96 bits per heavy atom. The standard InChI is InChI=1S/C17H13BrN8O2/c18-14-3-1-2-11(4-14)8-25-9-15(20-23-25)12-5-13(7-19-6-12)17-21-24-26(22-17)10-16(27)28/h1-7,9H,8,10H2,(H,27,28). The molecule has 0 atom stereocenters. The number of aliphatic carboxylic acids is 1. The van der Waals surface area contributed by atoms with Crippen LogP contribution in [0.25, 0.3) is 22.6 Å². The molecule has 0 fully saturated rings. The Morgan fingerprint density at radius 1 is 1.11 bits per heavy atom. The number of rotatable bonds is 6. The van der Waals surface area contributed by atoms with Crippen molar-refractivity contribution < 1.29 is 9.90 Å². The Morgan fingerprint density at radius 3 is 2.79 bits per heavy atom. The summed E-state index contributed by atoms with van der Waals surface area (Å²) in [7, 11) is 0. The molecular weight excluding hydrogens is 428 g/mol. The van der Waals surface area contributed by atoms with Crippen molar-refractivity contribution in [1.82, 2.24) is 40.2 Å². The van der Waals surface area contributed by atoms with Gasteiger partial charge in [0.05, 0.1) is 12.7 Å². The van der Waals surface area contributed by atoms with Gasteiger partial charge < -0.3 is 5.11 Å². The molecule has 1 aromatic carbocycles. The molecule has 0 saturated carbocycles. The quantitative estimate of drug-likeness (QED) is 0.481. The van der Waals surface area contributed by atoms with Gasteiger partial charge in [-0.1, -0.05) is 33.3 Å². The Labute approximate surface area is 167 Å². The summed E-state index contributed by atoms with van der Waals surface area (Å²) in [4.78, 5) is 16.0. The van der Waals surface area contributed by atoms with E-state index < -0.39 is 5.97 Å². The average Bonchev–Trinajstić information content (AvgIpc) is 3.31. The van der Waals surface area contributed by atoms with Crippen LogP contribution in [0.2, 0.25) is 0 Å². The van der Waals surface area contributed by atoms with Crippen LogP contribution in [-0.4, -0.2) is 51.3 Å². The molecule has 0 aliphatic carbocycles. The van der Waals surface area contributed by atoms with Gasteiger partial charge in [-0.05, 0) is 29.0 Å². The fourth-order valence-electron chi connectivity index (χ4n) is 2.58. The molecule has 140 valence electrons. The van der Waals surface area contributed by atoms with Crippen LogP contribution in [0, 0.1) is 0 Å². The highest BCUT2D eigenvalue weighted by Gasteiger charge is 2.11. The minimum atomic E-state index is -1.04. The van der Waals surface area contributed by atoms with E-state index in [0.717, 1.165) is 20.4 Å². The molecule has 1 N–H and O–H groups in total. The van der Waals surface area contributed by atoms with Crippen molar-refractivity contribution in [2.24, 2.45) is 0 Å². The van der Waals surface area contributed by atoms with Gasteiger partial charge in [0.25, 0.3) is 0 Å². The molecule has 10 nitrogen and oxygen atoms in total. The first-order valence-electron chi connectivity index (χ1n) is 8.17. The number of hydrogen-bond donors (Lipinski definition) is 1.